The number of benzene rings is 1. The number of amides is 1. The minimum absolute atomic E-state index is 0.128. The summed E-state index contributed by atoms with van der Waals surface area (Å²) in [4.78, 5) is 14.0. The standard InChI is InChI=1S/C14H15NO/c1-2-12-6-8-13(9-7-12)14(16)15-10-4-3-5-11-15/h1,6-9H,3-5,10-11H2. The summed E-state index contributed by atoms with van der Waals surface area (Å²) in [6.45, 7) is 1.77. The van der Waals surface area contributed by atoms with Crippen LogP contribution >= 0.6 is 0 Å². The van der Waals surface area contributed by atoms with Gasteiger partial charge in [0.25, 0.3) is 5.91 Å². The van der Waals surface area contributed by atoms with E-state index < -0.39 is 0 Å². The summed E-state index contributed by atoms with van der Waals surface area (Å²) < 4.78 is 0. The maximum atomic E-state index is 12.1. The summed E-state index contributed by atoms with van der Waals surface area (Å²) in [7, 11) is 0. The van der Waals surface area contributed by atoms with Gasteiger partial charge in [0.2, 0.25) is 0 Å². The second-order valence-electron chi connectivity index (χ2n) is 4.07. The average Bonchev–Trinajstić information content (AvgIpc) is 2.39. The molecule has 0 spiro atoms. The van der Waals surface area contributed by atoms with Crippen LogP contribution < -0.4 is 0 Å². The van der Waals surface area contributed by atoms with Crippen LogP contribution in [0.1, 0.15) is 35.2 Å². The molecule has 1 aliphatic rings. The number of hydrogen-bond donors (Lipinski definition) is 0. The van der Waals surface area contributed by atoms with Crippen LogP contribution in [-0.4, -0.2) is 23.9 Å². The zero-order valence-electron chi connectivity index (χ0n) is 9.28. The average molecular weight is 213 g/mol. The van der Waals surface area contributed by atoms with E-state index in [1.807, 2.05) is 29.2 Å². The third-order valence-electron chi connectivity index (χ3n) is 2.94. The quantitative estimate of drug-likeness (QED) is 0.655. The van der Waals surface area contributed by atoms with E-state index in [2.05, 4.69) is 5.92 Å². The largest absolute Gasteiger partial charge is 0.339 e. The van der Waals surface area contributed by atoms with Crippen molar-refractivity contribution >= 4 is 5.91 Å². The van der Waals surface area contributed by atoms with Gasteiger partial charge in [0.1, 0.15) is 0 Å². The van der Waals surface area contributed by atoms with E-state index in [0.29, 0.717) is 0 Å². The fourth-order valence-electron chi connectivity index (χ4n) is 1.99. The molecule has 0 unspecified atom stereocenters. The summed E-state index contributed by atoms with van der Waals surface area (Å²) in [5.74, 6) is 2.68. The number of likely N-dealkylation sites (tertiary alicyclic amines) is 1. The lowest BCUT2D eigenvalue weighted by atomic mass is 10.1. The van der Waals surface area contributed by atoms with Gasteiger partial charge in [-0.3, -0.25) is 4.79 Å². The molecule has 2 heteroatoms. The van der Waals surface area contributed by atoms with Crippen molar-refractivity contribution in [2.24, 2.45) is 0 Å². The number of piperidine rings is 1. The summed E-state index contributed by atoms with van der Waals surface area (Å²) in [6, 6.07) is 7.26. The highest BCUT2D eigenvalue weighted by atomic mass is 16.2. The van der Waals surface area contributed by atoms with Crippen molar-refractivity contribution in [3.05, 3.63) is 35.4 Å². The summed E-state index contributed by atoms with van der Waals surface area (Å²) in [6.07, 6.45) is 8.75. The number of hydrogen-bond acceptors (Lipinski definition) is 1. The van der Waals surface area contributed by atoms with Gasteiger partial charge in [-0.1, -0.05) is 5.92 Å². The monoisotopic (exact) mass is 213 g/mol. The van der Waals surface area contributed by atoms with E-state index in [4.69, 9.17) is 6.42 Å². The highest BCUT2D eigenvalue weighted by Crippen LogP contribution is 2.13. The molecule has 0 atom stereocenters. The maximum Gasteiger partial charge on any atom is 0.253 e. The first-order valence-electron chi connectivity index (χ1n) is 5.67. The molecular weight excluding hydrogens is 198 g/mol. The minimum atomic E-state index is 0.128. The lowest BCUT2D eigenvalue weighted by Crippen LogP contribution is -2.35. The predicted molar refractivity (Wildman–Crippen MR) is 64.1 cm³/mol. The van der Waals surface area contributed by atoms with Gasteiger partial charge in [0, 0.05) is 24.2 Å². The van der Waals surface area contributed by atoms with Crippen molar-refractivity contribution in [1.82, 2.24) is 4.90 Å². The molecule has 1 heterocycles. The van der Waals surface area contributed by atoms with Crippen molar-refractivity contribution in [2.75, 3.05) is 13.1 Å². The van der Waals surface area contributed by atoms with E-state index in [9.17, 15) is 4.79 Å². The SMILES string of the molecule is C#Cc1ccc(C(=O)N2CCCCC2)cc1. The molecule has 2 nitrogen and oxygen atoms in total. The van der Waals surface area contributed by atoms with Crippen LogP contribution in [-0.2, 0) is 0 Å². The zero-order valence-corrected chi connectivity index (χ0v) is 9.28. The molecule has 1 fully saturated rings. The molecule has 1 aromatic carbocycles. The van der Waals surface area contributed by atoms with Crippen molar-refractivity contribution in [1.29, 1.82) is 0 Å². The van der Waals surface area contributed by atoms with Crippen molar-refractivity contribution in [3.63, 3.8) is 0 Å². The maximum absolute atomic E-state index is 12.1. The molecule has 0 saturated carbocycles. The van der Waals surface area contributed by atoms with Crippen LogP contribution in [0, 0.1) is 12.3 Å². The Labute approximate surface area is 96.3 Å². The first kappa shape index (κ1) is 10.8. The van der Waals surface area contributed by atoms with Crippen LogP contribution in [0.3, 0.4) is 0 Å². The smallest absolute Gasteiger partial charge is 0.253 e. The first-order valence-corrected chi connectivity index (χ1v) is 5.67. The Balaban J connectivity index is 2.11. The van der Waals surface area contributed by atoms with Gasteiger partial charge in [-0.15, -0.1) is 6.42 Å². The van der Waals surface area contributed by atoms with E-state index >= 15 is 0 Å². The predicted octanol–water partition coefficient (Wildman–Crippen LogP) is 2.29. The highest BCUT2D eigenvalue weighted by molar-refractivity contribution is 5.94. The second kappa shape index (κ2) is 4.85. The van der Waals surface area contributed by atoms with Gasteiger partial charge in [-0.05, 0) is 43.5 Å². The molecule has 1 aliphatic heterocycles. The molecule has 0 bridgehead atoms. The Bertz CT molecular complexity index is 407. The van der Waals surface area contributed by atoms with Crippen molar-refractivity contribution in [2.45, 2.75) is 19.3 Å². The molecule has 0 N–H and O–H groups in total. The Morgan fingerprint density at radius 1 is 1.12 bits per heavy atom. The van der Waals surface area contributed by atoms with Gasteiger partial charge in [-0.2, -0.15) is 0 Å². The van der Waals surface area contributed by atoms with Crippen LogP contribution in [0.15, 0.2) is 24.3 Å². The van der Waals surface area contributed by atoms with Crippen LogP contribution in [0.2, 0.25) is 0 Å². The van der Waals surface area contributed by atoms with Crippen LogP contribution in [0.5, 0.6) is 0 Å². The fraction of sp³-hybridized carbons (Fsp3) is 0.357. The Morgan fingerprint density at radius 3 is 2.31 bits per heavy atom. The van der Waals surface area contributed by atoms with Crippen molar-refractivity contribution < 1.29 is 4.79 Å². The van der Waals surface area contributed by atoms with E-state index in [1.165, 1.54) is 6.42 Å². The Morgan fingerprint density at radius 2 is 1.75 bits per heavy atom. The molecule has 1 aromatic rings. The molecule has 2 rings (SSSR count). The normalized spacial score (nSPS) is 15.6. The number of carbonyl (C=O) groups is 1. The molecular formula is C14H15NO. The van der Waals surface area contributed by atoms with E-state index in [1.54, 1.807) is 0 Å². The lowest BCUT2D eigenvalue weighted by molar-refractivity contribution is 0.0724. The van der Waals surface area contributed by atoms with E-state index in [0.717, 1.165) is 37.1 Å². The van der Waals surface area contributed by atoms with Gasteiger partial charge in [-0.25, -0.2) is 0 Å². The van der Waals surface area contributed by atoms with Gasteiger partial charge >= 0.3 is 0 Å². The Hall–Kier alpha value is -1.75. The Kier molecular flexibility index (Phi) is 3.26. The summed E-state index contributed by atoms with van der Waals surface area (Å²) >= 11 is 0. The molecule has 0 radical (unpaired) electrons. The first-order chi connectivity index (χ1) is 7.81. The molecule has 16 heavy (non-hydrogen) atoms. The summed E-state index contributed by atoms with van der Waals surface area (Å²) in [5.41, 5.74) is 1.55. The number of nitrogens with zero attached hydrogens (tertiary/aromatic N) is 1. The highest BCUT2D eigenvalue weighted by Gasteiger charge is 2.17. The minimum Gasteiger partial charge on any atom is -0.339 e. The summed E-state index contributed by atoms with van der Waals surface area (Å²) in [5, 5.41) is 0. The molecule has 1 amide bonds. The molecule has 0 aromatic heterocycles. The number of terminal acetylenes is 1. The third-order valence-corrected chi connectivity index (χ3v) is 2.94. The molecule has 0 aliphatic carbocycles. The van der Waals surface area contributed by atoms with Gasteiger partial charge in [0.05, 0.1) is 0 Å². The number of rotatable bonds is 1. The number of carbonyl (C=O) groups excluding carboxylic acids is 1. The zero-order chi connectivity index (χ0) is 11.4. The lowest BCUT2D eigenvalue weighted by Gasteiger charge is -2.26. The molecule has 82 valence electrons. The van der Waals surface area contributed by atoms with Gasteiger partial charge < -0.3 is 4.90 Å². The van der Waals surface area contributed by atoms with E-state index in [-0.39, 0.29) is 5.91 Å². The van der Waals surface area contributed by atoms with Crippen molar-refractivity contribution in [3.8, 4) is 12.3 Å². The fourth-order valence-corrected chi connectivity index (χ4v) is 1.99. The van der Waals surface area contributed by atoms with Gasteiger partial charge in [0.15, 0.2) is 0 Å². The second-order valence-corrected chi connectivity index (χ2v) is 4.07. The topological polar surface area (TPSA) is 20.3 Å². The van der Waals surface area contributed by atoms with Crippen LogP contribution in [0.4, 0.5) is 0 Å². The van der Waals surface area contributed by atoms with Crippen LogP contribution in [0.25, 0.3) is 0 Å². The molecule has 1 saturated heterocycles. The third kappa shape index (κ3) is 2.25.